The minimum Gasteiger partial charge on any atom is -0.378 e. The Hall–Kier alpha value is 0.310. The van der Waals surface area contributed by atoms with E-state index in [-0.39, 0.29) is 0 Å². The Morgan fingerprint density at radius 3 is 2.59 bits per heavy atom. The molecule has 0 aromatic heterocycles. The Morgan fingerprint density at radius 2 is 1.94 bits per heavy atom. The molecular weight excluding hydrogens is 228 g/mol. The second kappa shape index (κ2) is 6.47. The molecule has 2 unspecified atom stereocenters. The molecule has 0 aromatic carbocycles. The van der Waals surface area contributed by atoms with Crippen molar-refractivity contribution in [3.63, 3.8) is 0 Å². The van der Waals surface area contributed by atoms with Crippen molar-refractivity contribution in [2.24, 2.45) is 11.3 Å². The van der Waals surface area contributed by atoms with Crippen LogP contribution < -0.4 is 0 Å². The van der Waals surface area contributed by atoms with E-state index in [0.29, 0.717) is 11.5 Å². The molecule has 2 heteroatoms. The normalized spacial score (nSPS) is 32.8. The van der Waals surface area contributed by atoms with E-state index < -0.39 is 0 Å². The van der Waals surface area contributed by atoms with Crippen molar-refractivity contribution in [1.29, 1.82) is 0 Å². The molecule has 0 saturated heterocycles. The lowest BCUT2D eigenvalue weighted by Gasteiger charge is -2.33. The van der Waals surface area contributed by atoms with E-state index in [1.165, 1.54) is 57.8 Å². The van der Waals surface area contributed by atoms with Crippen LogP contribution in [0.25, 0.3) is 0 Å². The monoisotopic (exact) mass is 256 g/mol. The van der Waals surface area contributed by atoms with Crippen molar-refractivity contribution in [3.8, 4) is 0 Å². The Kier molecular flexibility index (Phi) is 5.23. The summed E-state index contributed by atoms with van der Waals surface area (Å²) in [7, 11) is 0. The summed E-state index contributed by atoms with van der Waals surface area (Å²) in [6.07, 6.45) is 12.7. The van der Waals surface area contributed by atoms with Gasteiger partial charge in [-0.3, -0.25) is 0 Å². The van der Waals surface area contributed by atoms with Gasteiger partial charge in [-0.15, -0.1) is 0 Å². The number of thiol groups is 1. The van der Waals surface area contributed by atoms with Crippen molar-refractivity contribution < 1.29 is 4.74 Å². The summed E-state index contributed by atoms with van der Waals surface area (Å²) in [6, 6.07) is 0. The smallest absolute Gasteiger partial charge is 0.0578 e. The van der Waals surface area contributed by atoms with Crippen LogP contribution in [0.4, 0.5) is 0 Å². The fourth-order valence-electron chi connectivity index (χ4n) is 3.53. The van der Waals surface area contributed by atoms with E-state index in [0.717, 1.165) is 18.3 Å². The van der Waals surface area contributed by atoms with E-state index in [1.807, 2.05) is 0 Å². The van der Waals surface area contributed by atoms with E-state index >= 15 is 0 Å². The van der Waals surface area contributed by atoms with Crippen LogP contribution in [0.2, 0.25) is 0 Å². The third kappa shape index (κ3) is 3.64. The van der Waals surface area contributed by atoms with Gasteiger partial charge in [0.05, 0.1) is 12.7 Å². The Bertz CT molecular complexity index is 223. The van der Waals surface area contributed by atoms with E-state index in [9.17, 15) is 0 Å². The lowest BCUT2D eigenvalue weighted by molar-refractivity contribution is -0.0275. The SMILES string of the molecule is CCC1CCCC(OCC2(CS)CCCC2)C1. The average Bonchev–Trinajstić information content (AvgIpc) is 2.86. The van der Waals surface area contributed by atoms with E-state index in [4.69, 9.17) is 4.74 Å². The summed E-state index contributed by atoms with van der Waals surface area (Å²) in [5.74, 6) is 1.93. The van der Waals surface area contributed by atoms with Crippen LogP contribution in [0.1, 0.15) is 64.7 Å². The molecule has 1 nitrogen and oxygen atoms in total. The molecule has 2 saturated carbocycles. The van der Waals surface area contributed by atoms with Crippen molar-refractivity contribution in [2.45, 2.75) is 70.8 Å². The van der Waals surface area contributed by atoms with Gasteiger partial charge in [-0.05, 0) is 37.4 Å². The third-order valence-electron chi connectivity index (χ3n) is 4.94. The highest BCUT2D eigenvalue weighted by atomic mass is 32.1. The molecule has 0 aromatic rings. The minimum absolute atomic E-state index is 0.419. The van der Waals surface area contributed by atoms with Crippen molar-refractivity contribution in [3.05, 3.63) is 0 Å². The summed E-state index contributed by atoms with van der Waals surface area (Å²) in [5.41, 5.74) is 0.419. The fourth-order valence-corrected chi connectivity index (χ4v) is 3.94. The maximum absolute atomic E-state index is 6.24. The zero-order chi connectivity index (χ0) is 12.1. The van der Waals surface area contributed by atoms with Gasteiger partial charge < -0.3 is 4.74 Å². The third-order valence-corrected chi connectivity index (χ3v) is 5.61. The molecule has 0 amide bonds. The van der Waals surface area contributed by atoms with E-state index in [2.05, 4.69) is 19.6 Å². The maximum atomic E-state index is 6.24. The number of rotatable bonds is 5. The molecule has 2 aliphatic rings. The average molecular weight is 256 g/mol. The lowest BCUT2D eigenvalue weighted by atomic mass is 9.85. The zero-order valence-electron chi connectivity index (χ0n) is 11.3. The molecule has 0 bridgehead atoms. The van der Waals surface area contributed by atoms with Gasteiger partial charge in [-0.2, -0.15) is 12.6 Å². The molecule has 0 radical (unpaired) electrons. The first-order valence-corrected chi connectivity index (χ1v) is 8.14. The standard InChI is InChI=1S/C15H28OS/c1-2-13-6-5-7-14(10-13)16-11-15(12-17)8-3-4-9-15/h13-14,17H,2-12H2,1H3. The quantitative estimate of drug-likeness (QED) is 0.714. The fraction of sp³-hybridized carbons (Fsp3) is 1.00. The first kappa shape index (κ1) is 13.7. The van der Waals surface area contributed by atoms with Crippen LogP contribution in [-0.4, -0.2) is 18.5 Å². The summed E-state index contributed by atoms with van der Waals surface area (Å²) < 4.78 is 6.24. The van der Waals surface area contributed by atoms with E-state index in [1.54, 1.807) is 0 Å². The predicted octanol–water partition coefficient (Wildman–Crippen LogP) is 4.46. The van der Waals surface area contributed by atoms with Gasteiger partial charge in [0.15, 0.2) is 0 Å². The molecule has 2 aliphatic carbocycles. The second-order valence-corrected chi connectivity index (χ2v) is 6.56. The first-order valence-electron chi connectivity index (χ1n) is 7.50. The highest BCUT2D eigenvalue weighted by molar-refractivity contribution is 7.80. The molecule has 0 heterocycles. The number of ether oxygens (including phenoxy) is 1. The van der Waals surface area contributed by atoms with Gasteiger partial charge in [0.2, 0.25) is 0 Å². The highest BCUT2D eigenvalue weighted by Gasteiger charge is 2.34. The largest absolute Gasteiger partial charge is 0.378 e. The molecule has 0 aliphatic heterocycles. The predicted molar refractivity (Wildman–Crippen MR) is 76.7 cm³/mol. The topological polar surface area (TPSA) is 9.23 Å². The summed E-state index contributed by atoms with van der Waals surface area (Å²) in [6.45, 7) is 3.29. The first-order chi connectivity index (χ1) is 8.28. The molecule has 0 spiro atoms. The molecule has 2 fully saturated rings. The number of hydrogen-bond acceptors (Lipinski definition) is 2. The van der Waals surface area contributed by atoms with Gasteiger partial charge in [-0.1, -0.05) is 39.0 Å². The molecular formula is C15H28OS. The molecule has 100 valence electrons. The van der Waals surface area contributed by atoms with Gasteiger partial charge in [0, 0.05) is 5.41 Å². The van der Waals surface area contributed by atoms with Gasteiger partial charge in [0.1, 0.15) is 0 Å². The van der Waals surface area contributed by atoms with Gasteiger partial charge in [0.25, 0.3) is 0 Å². The van der Waals surface area contributed by atoms with Gasteiger partial charge >= 0.3 is 0 Å². The zero-order valence-corrected chi connectivity index (χ0v) is 12.2. The second-order valence-electron chi connectivity index (χ2n) is 6.24. The van der Waals surface area contributed by atoms with Crippen molar-refractivity contribution >= 4 is 12.6 Å². The van der Waals surface area contributed by atoms with Crippen LogP contribution >= 0.6 is 12.6 Å². The Balaban J connectivity index is 1.76. The van der Waals surface area contributed by atoms with Crippen LogP contribution in [0.15, 0.2) is 0 Å². The molecule has 0 N–H and O–H groups in total. The van der Waals surface area contributed by atoms with Crippen molar-refractivity contribution in [1.82, 2.24) is 0 Å². The molecule has 17 heavy (non-hydrogen) atoms. The van der Waals surface area contributed by atoms with Crippen LogP contribution in [-0.2, 0) is 4.74 Å². The maximum Gasteiger partial charge on any atom is 0.0578 e. The van der Waals surface area contributed by atoms with Crippen molar-refractivity contribution in [2.75, 3.05) is 12.4 Å². The Morgan fingerprint density at radius 1 is 1.18 bits per heavy atom. The van der Waals surface area contributed by atoms with Crippen LogP contribution in [0.5, 0.6) is 0 Å². The molecule has 2 atom stereocenters. The van der Waals surface area contributed by atoms with Crippen LogP contribution in [0.3, 0.4) is 0 Å². The molecule has 2 rings (SSSR count). The number of hydrogen-bond donors (Lipinski definition) is 1. The highest BCUT2D eigenvalue weighted by Crippen LogP contribution is 2.40. The minimum atomic E-state index is 0.419. The summed E-state index contributed by atoms with van der Waals surface area (Å²) in [4.78, 5) is 0. The lowest BCUT2D eigenvalue weighted by Crippen LogP contribution is -2.31. The summed E-state index contributed by atoms with van der Waals surface area (Å²) in [5, 5.41) is 0. The summed E-state index contributed by atoms with van der Waals surface area (Å²) >= 11 is 4.56. The van der Waals surface area contributed by atoms with Gasteiger partial charge in [-0.25, -0.2) is 0 Å². The Labute approximate surface area is 112 Å². The van der Waals surface area contributed by atoms with Crippen LogP contribution in [0, 0.1) is 11.3 Å².